The van der Waals surface area contributed by atoms with Gasteiger partial charge in [0.2, 0.25) is 0 Å². The highest BCUT2D eigenvalue weighted by atomic mass is 16.6. The van der Waals surface area contributed by atoms with Gasteiger partial charge in [-0.3, -0.25) is 0 Å². The van der Waals surface area contributed by atoms with E-state index in [9.17, 15) is 0 Å². The van der Waals surface area contributed by atoms with E-state index in [1.54, 1.807) is 7.69 Å². The average Bonchev–Trinajstić information content (AvgIpc) is 2.89. The molecule has 2 aliphatic carbocycles. The lowest BCUT2D eigenvalue weighted by molar-refractivity contribution is -0.0701. The predicted molar refractivity (Wildman–Crippen MR) is 92.8 cm³/mol. The van der Waals surface area contributed by atoms with E-state index < -0.39 is 0 Å². The molecule has 0 N–H and O–H groups in total. The molecule has 5 unspecified atom stereocenters. The van der Waals surface area contributed by atoms with Gasteiger partial charge >= 0.3 is 7.69 Å². The summed E-state index contributed by atoms with van der Waals surface area (Å²) in [6.45, 7) is 9.63. The first-order chi connectivity index (χ1) is 11.0. The third-order valence-corrected chi connectivity index (χ3v) is 7.36. The van der Waals surface area contributed by atoms with Crippen molar-refractivity contribution < 1.29 is 9.31 Å². The molecule has 23 heavy (non-hydrogen) atoms. The zero-order valence-electron chi connectivity index (χ0n) is 14.8. The van der Waals surface area contributed by atoms with Crippen molar-refractivity contribution in [3.63, 3.8) is 0 Å². The molecule has 1 aromatic carbocycles. The van der Waals surface area contributed by atoms with Crippen LogP contribution >= 0.6 is 0 Å². The molecule has 1 aromatic rings. The maximum Gasteiger partial charge on any atom is 0.489 e. The van der Waals surface area contributed by atoms with Gasteiger partial charge in [-0.1, -0.05) is 64.4 Å². The Morgan fingerprint density at radius 2 is 1.83 bits per heavy atom. The fourth-order valence-corrected chi connectivity index (χ4v) is 5.73. The van der Waals surface area contributed by atoms with Crippen LogP contribution in [0.5, 0.6) is 0 Å². The molecule has 3 fully saturated rings. The van der Waals surface area contributed by atoms with E-state index in [2.05, 4.69) is 58.0 Å². The van der Waals surface area contributed by atoms with Crippen LogP contribution in [-0.4, -0.2) is 13.8 Å². The zero-order chi connectivity index (χ0) is 16.3. The Morgan fingerprint density at radius 3 is 2.52 bits per heavy atom. The summed E-state index contributed by atoms with van der Waals surface area (Å²) in [5.41, 5.74) is 1.89. The monoisotopic (exact) mass is 311 g/mol. The number of fused-ring (bicyclic) bond motifs is 2. The molecule has 1 saturated heterocycles. The quantitative estimate of drug-likeness (QED) is 0.737. The molecule has 3 heteroatoms. The van der Waals surface area contributed by atoms with Gasteiger partial charge in [0, 0.05) is 0 Å². The Kier molecular flexibility index (Phi) is 3.48. The second-order valence-corrected chi connectivity index (χ2v) is 8.71. The van der Waals surface area contributed by atoms with Gasteiger partial charge in [-0.15, -0.1) is 0 Å². The van der Waals surface area contributed by atoms with Crippen molar-refractivity contribution in [2.24, 2.45) is 22.7 Å². The second kappa shape index (κ2) is 5.10. The molecule has 123 valence electrons. The van der Waals surface area contributed by atoms with Crippen molar-refractivity contribution >= 4 is 7.69 Å². The van der Waals surface area contributed by atoms with E-state index in [4.69, 9.17) is 9.31 Å². The zero-order valence-corrected chi connectivity index (χ0v) is 14.8. The summed E-state index contributed by atoms with van der Waals surface area (Å²) in [7, 11) is 1.62. The largest absolute Gasteiger partial charge is 0.489 e. The van der Waals surface area contributed by atoms with Gasteiger partial charge in [-0.05, 0) is 47.5 Å². The van der Waals surface area contributed by atoms with Crippen LogP contribution in [0.25, 0.3) is 0 Å². The fraction of sp³-hybridized carbons (Fsp3) is 0.700. The van der Waals surface area contributed by atoms with Crippen molar-refractivity contribution in [2.45, 2.75) is 65.1 Å². The number of hydrogen-bond donors (Lipinski definition) is 0. The molecule has 3 aliphatic rings. The molecule has 0 spiro atoms. The van der Waals surface area contributed by atoms with Gasteiger partial charge in [0.1, 0.15) is 5.60 Å². The second-order valence-electron chi connectivity index (χ2n) is 8.71. The number of benzene rings is 1. The van der Waals surface area contributed by atoms with Crippen LogP contribution in [-0.2, 0) is 14.9 Å². The first-order valence-corrected chi connectivity index (χ1v) is 9.16. The van der Waals surface area contributed by atoms with Gasteiger partial charge in [0.25, 0.3) is 0 Å². The Balaban J connectivity index is 1.82. The summed E-state index contributed by atoms with van der Waals surface area (Å²) in [6.07, 6.45) is 5.09. The van der Waals surface area contributed by atoms with E-state index in [0.717, 1.165) is 6.42 Å². The molecule has 2 saturated carbocycles. The van der Waals surface area contributed by atoms with Crippen molar-refractivity contribution in [3.8, 4) is 0 Å². The molecule has 0 aromatic heterocycles. The first kappa shape index (κ1) is 15.7. The number of rotatable bonds is 2. The molecule has 1 aliphatic heterocycles. The Hall–Kier alpha value is -0.795. The van der Waals surface area contributed by atoms with Crippen LogP contribution in [0.4, 0.5) is 0 Å². The molecule has 2 nitrogen and oxygen atoms in total. The maximum atomic E-state index is 6.31. The number of hydrogen-bond acceptors (Lipinski definition) is 2. The normalized spacial score (nSPS) is 48.6. The van der Waals surface area contributed by atoms with E-state index in [-0.39, 0.29) is 11.7 Å². The third kappa shape index (κ3) is 2.09. The minimum Gasteiger partial charge on any atom is -0.407 e. The van der Waals surface area contributed by atoms with Gasteiger partial charge < -0.3 is 9.31 Å². The smallest absolute Gasteiger partial charge is 0.407 e. The fourth-order valence-electron chi connectivity index (χ4n) is 5.73. The van der Waals surface area contributed by atoms with E-state index in [1.807, 2.05) is 0 Å². The topological polar surface area (TPSA) is 18.5 Å². The highest BCUT2D eigenvalue weighted by molar-refractivity contribution is 6.19. The van der Waals surface area contributed by atoms with Crippen LogP contribution in [0, 0.1) is 22.7 Å². The molecular formula is C20H28BO2. The van der Waals surface area contributed by atoms with Crippen LogP contribution in [0.1, 0.15) is 58.9 Å². The lowest BCUT2D eigenvalue weighted by atomic mass is 9.65. The van der Waals surface area contributed by atoms with E-state index in [0.29, 0.717) is 22.7 Å². The third-order valence-electron chi connectivity index (χ3n) is 7.36. The molecule has 1 radical (unpaired) electrons. The molecular weight excluding hydrogens is 283 g/mol. The van der Waals surface area contributed by atoms with Crippen LogP contribution in [0.15, 0.2) is 30.3 Å². The Morgan fingerprint density at radius 1 is 1.13 bits per heavy atom. The summed E-state index contributed by atoms with van der Waals surface area (Å²) >= 11 is 0. The Bertz CT molecular complexity index is 591. The molecule has 6 atom stereocenters. The van der Waals surface area contributed by atoms with Gasteiger partial charge in [0.05, 0.1) is 6.10 Å². The van der Waals surface area contributed by atoms with Crippen LogP contribution < -0.4 is 0 Å². The first-order valence-electron chi connectivity index (χ1n) is 9.16. The standard InChI is InChI=1S/C20H28BO2/c1-5-15-12-19(4)13-18(19,3)11-14(2)20(17(15)22-21-23-20)16-9-7-6-8-10-16/h6-10,14-15,17H,5,11-13H2,1-4H3/t14?,15-,17?,18?,19?,20?/m0/s1. The Labute approximate surface area is 141 Å². The van der Waals surface area contributed by atoms with Crippen LogP contribution in [0.2, 0.25) is 0 Å². The summed E-state index contributed by atoms with van der Waals surface area (Å²) < 4.78 is 12.4. The maximum absolute atomic E-state index is 6.31. The highest BCUT2D eigenvalue weighted by Crippen LogP contribution is 2.72. The van der Waals surface area contributed by atoms with E-state index >= 15 is 0 Å². The highest BCUT2D eigenvalue weighted by Gasteiger charge is 2.67. The predicted octanol–water partition coefficient (Wildman–Crippen LogP) is 4.70. The van der Waals surface area contributed by atoms with Crippen LogP contribution in [0.3, 0.4) is 0 Å². The van der Waals surface area contributed by atoms with E-state index in [1.165, 1.54) is 24.8 Å². The van der Waals surface area contributed by atoms with Gasteiger partial charge in [-0.2, -0.15) is 0 Å². The average molecular weight is 311 g/mol. The van der Waals surface area contributed by atoms with Crippen molar-refractivity contribution in [2.75, 3.05) is 0 Å². The van der Waals surface area contributed by atoms with Gasteiger partial charge in [0.15, 0.2) is 0 Å². The lowest BCUT2D eigenvalue weighted by Gasteiger charge is -2.47. The SMILES string of the molecule is CC[C@H]1CC2(C)CC2(C)CC(C)C2(c3ccccc3)O[B]OC12. The van der Waals surface area contributed by atoms with Crippen molar-refractivity contribution in [1.82, 2.24) is 0 Å². The summed E-state index contributed by atoms with van der Waals surface area (Å²) in [6, 6.07) is 10.8. The summed E-state index contributed by atoms with van der Waals surface area (Å²) in [5, 5.41) is 0. The van der Waals surface area contributed by atoms with Gasteiger partial charge in [-0.25, -0.2) is 0 Å². The van der Waals surface area contributed by atoms with Crippen molar-refractivity contribution in [1.29, 1.82) is 0 Å². The minimum atomic E-state index is -0.325. The van der Waals surface area contributed by atoms with Crippen molar-refractivity contribution in [3.05, 3.63) is 35.9 Å². The molecule has 0 amide bonds. The summed E-state index contributed by atoms with van der Waals surface area (Å²) in [4.78, 5) is 0. The minimum absolute atomic E-state index is 0.131. The lowest BCUT2D eigenvalue weighted by Crippen LogP contribution is -2.49. The summed E-state index contributed by atoms with van der Waals surface area (Å²) in [5.74, 6) is 0.985. The molecule has 1 heterocycles. The molecule has 4 rings (SSSR count). The molecule has 0 bridgehead atoms.